The van der Waals surface area contributed by atoms with Gasteiger partial charge in [-0.25, -0.2) is 0 Å². The minimum Gasteiger partial charge on any atom is -0.363 e. The molecule has 0 heterocycles. The highest BCUT2D eigenvalue weighted by molar-refractivity contribution is 5.81. The van der Waals surface area contributed by atoms with Crippen LogP contribution in [0.4, 0.5) is 0 Å². The summed E-state index contributed by atoms with van der Waals surface area (Å²) in [6, 6.07) is 3.41. The van der Waals surface area contributed by atoms with Gasteiger partial charge in [0.05, 0.1) is 13.1 Å². The molecular formula is C12H13N3O2. The largest absolute Gasteiger partial charge is 0.363 e. The molecule has 0 spiro atoms. The normalized spacial score (nSPS) is 9.18. The van der Waals surface area contributed by atoms with E-state index in [1.54, 1.807) is 12.1 Å². The molecule has 0 radical (unpaired) electrons. The maximum atomic E-state index is 10.9. The highest BCUT2D eigenvalue weighted by Crippen LogP contribution is 1.95. The predicted octanol–water partition coefficient (Wildman–Crippen LogP) is 0.954. The summed E-state index contributed by atoms with van der Waals surface area (Å²) < 4.78 is 0. The molecule has 0 aliphatic rings. The highest BCUT2D eigenvalue weighted by atomic mass is 16.1. The number of Topliss-reactive ketones (excluding diaryl/α,β-unsaturated/α-hetero) is 2. The Hall–Kier alpha value is -2.40. The zero-order chi connectivity index (χ0) is 13.3. The Labute approximate surface area is 100 Å². The molecule has 0 amide bonds. The van der Waals surface area contributed by atoms with Crippen LogP contribution in [0.25, 0.3) is 0 Å². The number of ketones is 2. The number of nitrogens with zero attached hydrogens (tertiary/aromatic N) is 3. The van der Waals surface area contributed by atoms with Gasteiger partial charge in [0, 0.05) is 6.20 Å². The van der Waals surface area contributed by atoms with Crippen molar-refractivity contribution in [3.63, 3.8) is 0 Å². The summed E-state index contributed by atoms with van der Waals surface area (Å²) in [4.78, 5) is 23.4. The van der Waals surface area contributed by atoms with E-state index in [2.05, 4.69) is 0 Å². The number of hydrogen-bond acceptors (Lipinski definition) is 5. The van der Waals surface area contributed by atoms with Gasteiger partial charge < -0.3 is 4.90 Å². The lowest BCUT2D eigenvalue weighted by molar-refractivity contribution is -0.119. The van der Waals surface area contributed by atoms with Gasteiger partial charge in [0.25, 0.3) is 0 Å². The van der Waals surface area contributed by atoms with Gasteiger partial charge in [0.15, 0.2) is 0 Å². The second kappa shape index (κ2) is 7.84. The van der Waals surface area contributed by atoms with E-state index in [-0.39, 0.29) is 30.2 Å². The van der Waals surface area contributed by atoms with Crippen LogP contribution < -0.4 is 0 Å². The van der Waals surface area contributed by atoms with Gasteiger partial charge >= 0.3 is 0 Å². The standard InChI is InChI=1S/C12H13N3O2/c1-10(16)8-15(9-11(2)17)5-3-4-12(6-13)7-14/h3-5H,8-9H2,1-2H3/b5-3+. The van der Waals surface area contributed by atoms with Gasteiger partial charge in [-0.3, -0.25) is 9.59 Å². The van der Waals surface area contributed by atoms with Crippen LogP contribution in [0, 0.1) is 22.7 Å². The van der Waals surface area contributed by atoms with Crippen LogP contribution >= 0.6 is 0 Å². The lowest BCUT2D eigenvalue weighted by atomic mass is 10.3. The van der Waals surface area contributed by atoms with Crippen LogP contribution in [0.2, 0.25) is 0 Å². The number of nitriles is 2. The summed E-state index contributed by atoms with van der Waals surface area (Å²) in [6.07, 6.45) is 4.30. The molecule has 17 heavy (non-hydrogen) atoms. The average Bonchev–Trinajstić information content (AvgIpc) is 2.22. The molecule has 0 aromatic rings. The van der Waals surface area contributed by atoms with E-state index in [4.69, 9.17) is 10.5 Å². The second-order valence-corrected chi connectivity index (χ2v) is 3.45. The Balaban J connectivity index is 4.64. The molecule has 88 valence electrons. The number of carbonyl (C=O) groups is 2. The molecule has 5 nitrogen and oxygen atoms in total. The Kier molecular flexibility index (Phi) is 6.73. The Morgan fingerprint density at radius 2 is 1.59 bits per heavy atom. The number of hydrogen-bond donors (Lipinski definition) is 0. The minimum absolute atomic E-state index is 0.0353. The fourth-order valence-electron chi connectivity index (χ4n) is 1.09. The summed E-state index contributed by atoms with van der Waals surface area (Å²) in [6.45, 7) is 3.09. The monoisotopic (exact) mass is 231 g/mol. The Morgan fingerprint density at radius 3 is 1.94 bits per heavy atom. The van der Waals surface area contributed by atoms with Crippen molar-refractivity contribution < 1.29 is 9.59 Å². The van der Waals surface area contributed by atoms with Gasteiger partial charge in [-0.2, -0.15) is 10.5 Å². The van der Waals surface area contributed by atoms with Crippen LogP contribution in [-0.2, 0) is 9.59 Å². The molecule has 0 aliphatic heterocycles. The zero-order valence-corrected chi connectivity index (χ0v) is 9.80. The summed E-state index contributed by atoms with van der Waals surface area (Å²) >= 11 is 0. The third kappa shape index (κ3) is 7.52. The molecule has 0 bridgehead atoms. The summed E-state index contributed by atoms with van der Waals surface area (Å²) in [5.74, 6) is -0.138. The molecule has 0 saturated carbocycles. The average molecular weight is 231 g/mol. The number of allylic oxidation sites excluding steroid dienone is 3. The smallest absolute Gasteiger partial charge is 0.149 e. The first kappa shape index (κ1) is 14.6. The molecule has 0 aromatic carbocycles. The van der Waals surface area contributed by atoms with E-state index >= 15 is 0 Å². The van der Waals surface area contributed by atoms with Crippen molar-refractivity contribution in [1.82, 2.24) is 4.90 Å². The minimum atomic E-state index is -0.0688. The van der Waals surface area contributed by atoms with Crippen LogP contribution in [0.15, 0.2) is 23.9 Å². The van der Waals surface area contributed by atoms with E-state index < -0.39 is 0 Å². The Bertz CT molecular complexity index is 404. The van der Waals surface area contributed by atoms with Gasteiger partial charge in [0.1, 0.15) is 29.3 Å². The zero-order valence-electron chi connectivity index (χ0n) is 9.80. The van der Waals surface area contributed by atoms with Crippen molar-refractivity contribution in [2.75, 3.05) is 13.1 Å². The number of carbonyl (C=O) groups excluding carboxylic acids is 2. The van der Waals surface area contributed by atoms with Crippen molar-refractivity contribution in [2.24, 2.45) is 0 Å². The van der Waals surface area contributed by atoms with Gasteiger partial charge in [0.2, 0.25) is 0 Å². The molecule has 0 saturated heterocycles. The quantitative estimate of drug-likeness (QED) is 0.502. The third-order valence-electron chi connectivity index (χ3n) is 1.65. The fourth-order valence-corrected chi connectivity index (χ4v) is 1.09. The van der Waals surface area contributed by atoms with E-state index in [1.807, 2.05) is 0 Å². The van der Waals surface area contributed by atoms with Crippen molar-refractivity contribution in [3.8, 4) is 12.1 Å². The Morgan fingerprint density at radius 1 is 1.12 bits per heavy atom. The van der Waals surface area contributed by atoms with Gasteiger partial charge in [-0.1, -0.05) is 0 Å². The number of rotatable bonds is 6. The van der Waals surface area contributed by atoms with Gasteiger partial charge in [-0.05, 0) is 26.0 Å². The molecule has 0 rings (SSSR count). The molecular weight excluding hydrogens is 218 g/mol. The summed E-state index contributed by atoms with van der Waals surface area (Å²) in [5, 5.41) is 17.0. The molecule has 0 fully saturated rings. The SMILES string of the molecule is CC(=O)CN(/C=C/C=C(C#N)C#N)CC(C)=O. The van der Waals surface area contributed by atoms with Crippen molar-refractivity contribution in [2.45, 2.75) is 13.8 Å². The summed E-state index contributed by atoms with van der Waals surface area (Å²) in [7, 11) is 0. The van der Waals surface area contributed by atoms with Crippen molar-refractivity contribution in [3.05, 3.63) is 23.9 Å². The third-order valence-corrected chi connectivity index (χ3v) is 1.65. The van der Waals surface area contributed by atoms with Crippen molar-refractivity contribution in [1.29, 1.82) is 10.5 Å². The van der Waals surface area contributed by atoms with Crippen LogP contribution in [0.1, 0.15) is 13.8 Å². The van der Waals surface area contributed by atoms with E-state index in [0.29, 0.717) is 0 Å². The topological polar surface area (TPSA) is 85.0 Å². The van der Waals surface area contributed by atoms with E-state index in [9.17, 15) is 9.59 Å². The van der Waals surface area contributed by atoms with E-state index in [0.717, 1.165) is 0 Å². The van der Waals surface area contributed by atoms with Crippen molar-refractivity contribution >= 4 is 11.6 Å². The van der Waals surface area contributed by atoms with Crippen LogP contribution in [-0.4, -0.2) is 29.6 Å². The molecule has 0 N–H and O–H groups in total. The first-order valence-electron chi connectivity index (χ1n) is 4.91. The van der Waals surface area contributed by atoms with Crippen LogP contribution in [0.5, 0.6) is 0 Å². The second-order valence-electron chi connectivity index (χ2n) is 3.45. The first-order chi connectivity index (χ1) is 7.99. The molecule has 0 atom stereocenters. The lowest BCUT2D eigenvalue weighted by Crippen LogP contribution is -2.28. The fraction of sp³-hybridized carbons (Fsp3) is 0.333. The summed E-state index contributed by atoms with van der Waals surface area (Å²) in [5.41, 5.74) is -0.0353. The van der Waals surface area contributed by atoms with Gasteiger partial charge in [-0.15, -0.1) is 0 Å². The van der Waals surface area contributed by atoms with Crippen LogP contribution in [0.3, 0.4) is 0 Å². The lowest BCUT2D eigenvalue weighted by Gasteiger charge is -2.16. The maximum Gasteiger partial charge on any atom is 0.149 e. The first-order valence-corrected chi connectivity index (χ1v) is 4.91. The molecule has 5 heteroatoms. The highest BCUT2D eigenvalue weighted by Gasteiger charge is 2.04. The maximum absolute atomic E-state index is 10.9. The molecule has 0 unspecified atom stereocenters. The predicted molar refractivity (Wildman–Crippen MR) is 61.4 cm³/mol. The molecule has 0 aromatic heterocycles. The van der Waals surface area contributed by atoms with E-state index in [1.165, 1.54) is 37.1 Å². The molecule has 0 aliphatic carbocycles.